The average Bonchev–Trinajstić information content (AvgIpc) is 2.83. The second-order valence-corrected chi connectivity index (χ2v) is 8.01. The SMILES string of the molecule is CC[C@H](NC(=O)c1ccccc1NC(=O)c1ccc(OC)cc1)C(=O)NC1CCCCC1. The summed E-state index contributed by atoms with van der Waals surface area (Å²) in [4.78, 5) is 38.3. The lowest BCUT2D eigenvalue weighted by atomic mass is 9.95. The highest BCUT2D eigenvalue weighted by Gasteiger charge is 2.24. The fraction of sp³-hybridized carbons (Fsp3) is 0.400. The van der Waals surface area contributed by atoms with E-state index < -0.39 is 11.9 Å². The summed E-state index contributed by atoms with van der Waals surface area (Å²) in [6.07, 6.45) is 5.89. The Bertz CT molecular complexity index is 936. The number of methoxy groups -OCH3 is 1. The van der Waals surface area contributed by atoms with Crippen LogP contribution in [-0.4, -0.2) is 36.9 Å². The zero-order valence-electron chi connectivity index (χ0n) is 18.6. The van der Waals surface area contributed by atoms with Gasteiger partial charge in [0, 0.05) is 11.6 Å². The van der Waals surface area contributed by atoms with Gasteiger partial charge in [0.2, 0.25) is 5.91 Å². The third-order valence-electron chi connectivity index (χ3n) is 5.75. The third-order valence-corrected chi connectivity index (χ3v) is 5.75. The number of carbonyl (C=O) groups excluding carboxylic acids is 3. The first-order valence-corrected chi connectivity index (χ1v) is 11.2. The Morgan fingerprint density at radius 3 is 2.31 bits per heavy atom. The van der Waals surface area contributed by atoms with Crippen LogP contribution in [0.2, 0.25) is 0 Å². The van der Waals surface area contributed by atoms with Gasteiger partial charge in [-0.25, -0.2) is 0 Å². The lowest BCUT2D eigenvalue weighted by molar-refractivity contribution is -0.124. The summed E-state index contributed by atoms with van der Waals surface area (Å²) in [5.41, 5.74) is 1.13. The maximum absolute atomic E-state index is 13.0. The number of carbonyl (C=O) groups is 3. The Morgan fingerprint density at radius 2 is 1.66 bits per heavy atom. The predicted molar refractivity (Wildman–Crippen MR) is 124 cm³/mol. The second kappa shape index (κ2) is 11.3. The van der Waals surface area contributed by atoms with Gasteiger partial charge in [-0.05, 0) is 55.7 Å². The molecule has 0 heterocycles. The van der Waals surface area contributed by atoms with Crippen LogP contribution in [0.15, 0.2) is 48.5 Å². The van der Waals surface area contributed by atoms with Gasteiger partial charge in [0.15, 0.2) is 0 Å². The molecule has 1 fully saturated rings. The molecule has 170 valence electrons. The van der Waals surface area contributed by atoms with Crippen LogP contribution in [0.1, 0.15) is 66.2 Å². The minimum atomic E-state index is -0.630. The summed E-state index contributed by atoms with van der Waals surface area (Å²) in [7, 11) is 1.56. The van der Waals surface area contributed by atoms with Gasteiger partial charge < -0.3 is 20.7 Å². The van der Waals surface area contributed by atoms with Crippen molar-refractivity contribution in [3.8, 4) is 5.75 Å². The standard InChI is InChI=1S/C25H31N3O4/c1-3-21(25(31)26-18-9-5-4-6-10-18)27-24(30)20-11-7-8-12-22(20)28-23(29)17-13-15-19(32-2)16-14-17/h7-8,11-16,18,21H,3-6,9-10H2,1-2H3,(H,26,31)(H,27,30)(H,28,29)/t21-/m0/s1. The Labute approximate surface area is 188 Å². The number of ether oxygens (including phenoxy) is 1. The Balaban J connectivity index is 1.66. The van der Waals surface area contributed by atoms with Gasteiger partial charge in [-0.1, -0.05) is 38.3 Å². The summed E-state index contributed by atoms with van der Waals surface area (Å²) >= 11 is 0. The molecule has 0 radical (unpaired) electrons. The molecule has 7 heteroatoms. The van der Waals surface area contributed by atoms with E-state index in [0.29, 0.717) is 29.0 Å². The van der Waals surface area contributed by atoms with Crippen molar-refractivity contribution in [1.82, 2.24) is 10.6 Å². The lowest BCUT2D eigenvalue weighted by Gasteiger charge is -2.25. The summed E-state index contributed by atoms with van der Waals surface area (Å²) in [5.74, 6) is -0.248. The minimum Gasteiger partial charge on any atom is -0.497 e. The maximum atomic E-state index is 13.0. The molecule has 7 nitrogen and oxygen atoms in total. The van der Waals surface area contributed by atoms with Crippen molar-refractivity contribution in [3.63, 3.8) is 0 Å². The zero-order valence-corrected chi connectivity index (χ0v) is 18.6. The molecule has 3 N–H and O–H groups in total. The molecular weight excluding hydrogens is 406 g/mol. The van der Waals surface area contributed by atoms with Crippen molar-refractivity contribution in [2.45, 2.75) is 57.5 Å². The van der Waals surface area contributed by atoms with E-state index in [9.17, 15) is 14.4 Å². The summed E-state index contributed by atoms with van der Waals surface area (Å²) in [6.45, 7) is 1.86. The summed E-state index contributed by atoms with van der Waals surface area (Å²) in [5, 5.41) is 8.68. The molecule has 1 aliphatic carbocycles. The highest BCUT2D eigenvalue weighted by atomic mass is 16.5. The highest BCUT2D eigenvalue weighted by molar-refractivity contribution is 6.09. The van der Waals surface area contributed by atoms with Crippen LogP contribution in [0.3, 0.4) is 0 Å². The van der Waals surface area contributed by atoms with Crippen molar-refractivity contribution < 1.29 is 19.1 Å². The number of amides is 3. The molecule has 3 amide bonds. The Kier molecular flexibility index (Phi) is 8.25. The van der Waals surface area contributed by atoms with Gasteiger partial charge in [0.25, 0.3) is 11.8 Å². The van der Waals surface area contributed by atoms with Crippen molar-refractivity contribution >= 4 is 23.4 Å². The second-order valence-electron chi connectivity index (χ2n) is 8.01. The van der Waals surface area contributed by atoms with Gasteiger partial charge in [-0.3, -0.25) is 14.4 Å². The van der Waals surface area contributed by atoms with Crippen LogP contribution in [-0.2, 0) is 4.79 Å². The minimum absolute atomic E-state index is 0.160. The van der Waals surface area contributed by atoms with Crippen LogP contribution < -0.4 is 20.7 Å². The largest absolute Gasteiger partial charge is 0.497 e. The fourth-order valence-corrected chi connectivity index (χ4v) is 3.86. The highest BCUT2D eigenvalue weighted by Crippen LogP contribution is 2.19. The van der Waals surface area contributed by atoms with Gasteiger partial charge in [0.1, 0.15) is 11.8 Å². The molecule has 3 rings (SSSR count). The summed E-state index contributed by atoms with van der Waals surface area (Å²) < 4.78 is 5.12. The molecule has 1 atom stereocenters. The van der Waals surface area contributed by atoms with Crippen molar-refractivity contribution in [2.75, 3.05) is 12.4 Å². The Hall–Kier alpha value is -3.35. The molecule has 0 saturated heterocycles. The predicted octanol–water partition coefficient (Wildman–Crippen LogP) is 3.90. The number of nitrogens with one attached hydrogen (secondary N) is 3. The molecule has 1 saturated carbocycles. The van der Waals surface area contributed by atoms with Crippen LogP contribution in [0.5, 0.6) is 5.75 Å². The van der Waals surface area contributed by atoms with Crippen LogP contribution >= 0.6 is 0 Å². The number of hydrogen-bond acceptors (Lipinski definition) is 4. The van der Waals surface area contributed by atoms with E-state index in [1.807, 2.05) is 6.92 Å². The van der Waals surface area contributed by atoms with Gasteiger partial charge >= 0.3 is 0 Å². The monoisotopic (exact) mass is 437 g/mol. The van der Waals surface area contributed by atoms with Gasteiger partial charge in [-0.15, -0.1) is 0 Å². The number of hydrogen-bond donors (Lipinski definition) is 3. The van der Waals surface area contributed by atoms with E-state index in [4.69, 9.17) is 4.74 Å². The smallest absolute Gasteiger partial charge is 0.255 e. The van der Waals surface area contributed by atoms with Crippen LogP contribution in [0, 0.1) is 0 Å². The molecular formula is C25H31N3O4. The third kappa shape index (κ3) is 6.09. The molecule has 1 aliphatic rings. The number of anilines is 1. The molecule has 32 heavy (non-hydrogen) atoms. The van der Waals surface area contributed by atoms with Crippen LogP contribution in [0.4, 0.5) is 5.69 Å². The van der Waals surface area contributed by atoms with E-state index in [1.54, 1.807) is 55.6 Å². The van der Waals surface area contributed by atoms with Crippen molar-refractivity contribution in [1.29, 1.82) is 0 Å². The van der Waals surface area contributed by atoms with Crippen LogP contribution in [0.25, 0.3) is 0 Å². The first-order valence-electron chi connectivity index (χ1n) is 11.2. The molecule has 2 aromatic carbocycles. The molecule has 0 aromatic heterocycles. The molecule has 0 spiro atoms. The maximum Gasteiger partial charge on any atom is 0.255 e. The van der Waals surface area contributed by atoms with Gasteiger partial charge in [-0.2, -0.15) is 0 Å². The quantitative estimate of drug-likeness (QED) is 0.583. The van der Waals surface area contributed by atoms with E-state index in [-0.39, 0.29) is 17.9 Å². The number of rotatable bonds is 8. The van der Waals surface area contributed by atoms with E-state index in [1.165, 1.54) is 6.42 Å². The lowest BCUT2D eigenvalue weighted by Crippen LogP contribution is -2.49. The van der Waals surface area contributed by atoms with E-state index in [0.717, 1.165) is 25.7 Å². The normalized spacial score (nSPS) is 14.8. The van der Waals surface area contributed by atoms with Crippen molar-refractivity contribution in [3.05, 3.63) is 59.7 Å². The molecule has 2 aromatic rings. The molecule has 0 bridgehead atoms. The van der Waals surface area contributed by atoms with Crippen molar-refractivity contribution in [2.24, 2.45) is 0 Å². The van der Waals surface area contributed by atoms with Gasteiger partial charge in [0.05, 0.1) is 18.4 Å². The number of para-hydroxylation sites is 1. The topological polar surface area (TPSA) is 96.5 Å². The summed E-state index contributed by atoms with van der Waals surface area (Å²) in [6, 6.07) is 13.0. The first-order chi connectivity index (χ1) is 15.5. The molecule has 0 unspecified atom stereocenters. The Morgan fingerprint density at radius 1 is 0.969 bits per heavy atom. The first kappa shape index (κ1) is 23.3. The molecule has 0 aliphatic heterocycles. The number of benzene rings is 2. The fourth-order valence-electron chi connectivity index (χ4n) is 3.86. The average molecular weight is 438 g/mol. The van der Waals surface area contributed by atoms with E-state index in [2.05, 4.69) is 16.0 Å². The van der Waals surface area contributed by atoms with E-state index >= 15 is 0 Å². The zero-order chi connectivity index (χ0) is 22.9.